The third-order valence-electron chi connectivity index (χ3n) is 5.65. The van der Waals surface area contributed by atoms with E-state index in [2.05, 4.69) is 6.92 Å². The lowest BCUT2D eigenvalue weighted by molar-refractivity contribution is -0.165. The normalized spacial score (nSPS) is 16.9. The van der Waals surface area contributed by atoms with E-state index in [0.717, 1.165) is 24.2 Å². The maximum atomic E-state index is 12.5. The van der Waals surface area contributed by atoms with Gasteiger partial charge in [0, 0.05) is 12.8 Å². The van der Waals surface area contributed by atoms with Crippen LogP contribution in [0.2, 0.25) is 0 Å². The number of nitrogens with zero attached hydrogens (tertiary/aromatic N) is 1. The number of esters is 1. The predicted molar refractivity (Wildman–Crippen MR) is 121 cm³/mol. The minimum atomic E-state index is -0.744. The molecule has 174 valence electrons. The fourth-order valence-electron chi connectivity index (χ4n) is 4.00. The average Bonchev–Trinajstić information content (AvgIpc) is 3.05. The van der Waals surface area contributed by atoms with Crippen molar-refractivity contribution in [2.45, 2.75) is 142 Å². The van der Waals surface area contributed by atoms with Crippen LogP contribution in [0.4, 0.5) is 0 Å². The van der Waals surface area contributed by atoms with E-state index in [0.29, 0.717) is 12.8 Å². The molecule has 0 aromatic rings. The summed E-state index contributed by atoms with van der Waals surface area (Å²) in [6.45, 7) is 7.63. The Morgan fingerprint density at radius 3 is 1.80 bits per heavy atom. The Bertz CT molecular complexity index is 524. The van der Waals surface area contributed by atoms with Crippen LogP contribution in [0, 0.1) is 0 Å². The van der Waals surface area contributed by atoms with Crippen LogP contribution < -0.4 is 0 Å². The quantitative estimate of drug-likeness (QED) is 0.228. The molecule has 0 radical (unpaired) electrons. The van der Waals surface area contributed by atoms with Crippen molar-refractivity contribution in [3.63, 3.8) is 0 Å². The number of carbonyl (C=O) groups is 3. The molecule has 0 aliphatic carbocycles. The Balaban J connectivity index is 2.13. The van der Waals surface area contributed by atoms with Gasteiger partial charge in [-0.3, -0.25) is 14.5 Å². The molecule has 30 heavy (non-hydrogen) atoms. The van der Waals surface area contributed by atoms with Gasteiger partial charge in [0.2, 0.25) is 11.8 Å². The first-order chi connectivity index (χ1) is 14.3. The lowest BCUT2D eigenvalue weighted by atomic mass is 10.0. The molecule has 0 aromatic carbocycles. The molecule has 1 heterocycles. The van der Waals surface area contributed by atoms with Crippen LogP contribution >= 0.6 is 0 Å². The van der Waals surface area contributed by atoms with Crippen molar-refractivity contribution in [2.75, 3.05) is 0 Å². The van der Waals surface area contributed by atoms with Crippen molar-refractivity contribution in [1.29, 1.82) is 0 Å². The van der Waals surface area contributed by atoms with Gasteiger partial charge in [0.05, 0.1) is 0 Å². The summed E-state index contributed by atoms with van der Waals surface area (Å²) in [7, 11) is 0. The molecule has 1 saturated heterocycles. The van der Waals surface area contributed by atoms with Crippen molar-refractivity contribution in [3.05, 3.63) is 0 Å². The summed E-state index contributed by atoms with van der Waals surface area (Å²) in [4.78, 5) is 38.2. The Hall–Kier alpha value is -1.39. The number of unbranched alkanes of at least 4 members (excludes halogenated alkanes) is 12. The van der Waals surface area contributed by atoms with Gasteiger partial charge in [0.1, 0.15) is 11.6 Å². The number of ether oxygens (including phenoxy) is 1. The molecule has 1 atom stereocenters. The minimum Gasteiger partial charge on any atom is -0.458 e. The van der Waals surface area contributed by atoms with E-state index >= 15 is 0 Å². The highest BCUT2D eigenvalue weighted by Crippen LogP contribution is 2.24. The molecule has 2 amide bonds. The molecule has 1 fully saturated rings. The highest BCUT2D eigenvalue weighted by Gasteiger charge is 2.41. The highest BCUT2D eigenvalue weighted by atomic mass is 16.6. The van der Waals surface area contributed by atoms with Gasteiger partial charge in [-0.25, -0.2) is 4.79 Å². The van der Waals surface area contributed by atoms with Crippen molar-refractivity contribution in [2.24, 2.45) is 0 Å². The van der Waals surface area contributed by atoms with E-state index in [1.165, 1.54) is 64.2 Å². The summed E-state index contributed by atoms with van der Waals surface area (Å²) >= 11 is 0. The molecule has 1 rings (SSSR count). The zero-order chi connectivity index (χ0) is 22.4. The first-order valence-corrected chi connectivity index (χ1v) is 12.3. The average molecular weight is 424 g/mol. The monoisotopic (exact) mass is 423 g/mol. The van der Waals surface area contributed by atoms with Gasteiger partial charge in [0.15, 0.2) is 0 Å². The molecule has 0 unspecified atom stereocenters. The fourth-order valence-corrected chi connectivity index (χ4v) is 4.00. The number of imide groups is 1. The minimum absolute atomic E-state index is 0.226. The second-order valence-electron chi connectivity index (χ2n) is 9.74. The lowest BCUT2D eigenvalue weighted by Crippen LogP contribution is -2.45. The summed E-state index contributed by atoms with van der Waals surface area (Å²) in [5, 5.41) is 0. The highest BCUT2D eigenvalue weighted by molar-refractivity contribution is 6.01. The second kappa shape index (κ2) is 14.6. The molecule has 0 aromatic heterocycles. The van der Waals surface area contributed by atoms with E-state index in [-0.39, 0.29) is 18.2 Å². The van der Waals surface area contributed by atoms with Crippen LogP contribution in [0.25, 0.3) is 0 Å². The number of amides is 2. The second-order valence-corrected chi connectivity index (χ2v) is 9.74. The zero-order valence-electron chi connectivity index (χ0n) is 20.0. The summed E-state index contributed by atoms with van der Waals surface area (Å²) < 4.78 is 5.39. The Morgan fingerprint density at radius 2 is 1.33 bits per heavy atom. The molecular formula is C25H45NO4. The van der Waals surface area contributed by atoms with E-state index in [1.807, 2.05) is 0 Å². The topological polar surface area (TPSA) is 63.7 Å². The predicted octanol–water partition coefficient (Wildman–Crippen LogP) is 6.33. The van der Waals surface area contributed by atoms with Gasteiger partial charge in [-0.15, -0.1) is 0 Å². The fraction of sp³-hybridized carbons (Fsp3) is 0.880. The van der Waals surface area contributed by atoms with Gasteiger partial charge in [-0.2, -0.15) is 0 Å². The van der Waals surface area contributed by atoms with Crippen molar-refractivity contribution >= 4 is 17.8 Å². The molecule has 0 saturated carbocycles. The van der Waals surface area contributed by atoms with E-state index < -0.39 is 17.6 Å². The maximum absolute atomic E-state index is 12.5. The van der Waals surface area contributed by atoms with Crippen LogP contribution in [-0.4, -0.2) is 34.3 Å². The first kappa shape index (κ1) is 26.6. The molecule has 0 spiro atoms. The summed E-state index contributed by atoms with van der Waals surface area (Å²) in [6.07, 6.45) is 17.2. The van der Waals surface area contributed by atoms with Gasteiger partial charge in [-0.05, 0) is 33.6 Å². The van der Waals surface area contributed by atoms with Gasteiger partial charge in [-0.1, -0.05) is 84.0 Å². The molecule has 1 aliphatic rings. The molecule has 0 bridgehead atoms. The summed E-state index contributed by atoms with van der Waals surface area (Å²) in [5.41, 5.74) is -0.619. The molecule has 0 N–H and O–H groups in total. The zero-order valence-corrected chi connectivity index (χ0v) is 20.0. The van der Waals surface area contributed by atoms with Crippen LogP contribution in [0.5, 0.6) is 0 Å². The number of likely N-dealkylation sites (tertiary alicyclic amines) is 1. The van der Waals surface area contributed by atoms with E-state index in [9.17, 15) is 14.4 Å². The summed E-state index contributed by atoms with van der Waals surface area (Å²) in [6, 6.07) is -0.744. The van der Waals surface area contributed by atoms with Crippen LogP contribution in [0.15, 0.2) is 0 Å². The Labute approximate surface area is 184 Å². The number of hydrogen-bond acceptors (Lipinski definition) is 4. The number of rotatable bonds is 15. The molecule has 5 heteroatoms. The third-order valence-corrected chi connectivity index (χ3v) is 5.65. The number of hydrogen-bond donors (Lipinski definition) is 0. The SMILES string of the molecule is CCCCCCCCCCCCCCCC(=O)N1C(=O)CC[C@H]1C(=O)OC(C)(C)C. The van der Waals surface area contributed by atoms with Crippen LogP contribution in [-0.2, 0) is 19.1 Å². The van der Waals surface area contributed by atoms with Crippen LogP contribution in [0.1, 0.15) is 130 Å². The van der Waals surface area contributed by atoms with Crippen molar-refractivity contribution < 1.29 is 19.1 Å². The third kappa shape index (κ3) is 11.1. The van der Waals surface area contributed by atoms with Crippen LogP contribution in [0.3, 0.4) is 0 Å². The van der Waals surface area contributed by atoms with Crippen molar-refractivity contribution in [3.8, 4) is 0 Å². The first-order valence-electron chi connectivity index (χ1n) is 12.3. The molecule has 1 aliphatic heterocycles. The Kier molecular flexibility index (Phi) is 13.0. The van der Waals surface area contributed by atoms with E-state index in [4.69, 9.17) is 4.74 Å². The van der Waals surface area contributed by atoms with Gasteiger partial charge in [0.25, 0.3) is 0 Å². The van der Waals surface area contributed by atoms with E-state index in [1.54, 1.807) is 20.8 Å². The van der Waals surface area contributed by atoms with Gasteiger partial charge < -0.3 is 4.74 Å². The van der Waals surface area contributed by atoms with Gasteiger partial charge >= 0.3 is 5.97 Å². The largest absolute Gasteiger partial charge is 0.458 e. The lowest BCUT2D eigenvalue weighted by Gasteiger charge is -2.26. The molecule has 5 nitrogen and oxygen atoms in total. The summed E-state index contributed by atoms with van der Waals surface area (Å²) in [5.74, 6) is -0.936. The Morgan fingerprint density at radius 1 is 0.867 bits per heavy atom. The number of carbonyl (C=O) groups excluding carboxylic acids is 3. The molecular weight excluding hydrogens is 378 g/mol. The maximum Gasteiger partial charge on any atom is 0.329 e. The van der Waals surface area contributed by atoms with Crippen molar-refractivity contribution in [1.82, 2.24) is 4.90 Å². The smallest absolute Gasteiger partial charge is 0.329 e. The standard InChI is InChI=1S/C25H45NO4/c1-5-6-7-8-9-10-11-12-13-14-15-16-17-18-22(27)26-21(19-20-23(26)28)24(29)30-25(2,3)4/h21H,5-20H2,1-4H3/t21-/m0/s1.